The Bertz CT molecular complexity index is 518. The van der Waals surface area contributed by atoms with Crippen molar-refractivity contribution in [2.24, 2.45) is 33.6 Å². The molecule has 0 spiro atoms. The summed E-state index contributed by atoms with van der Waals surface area (Å²) in [7, 11) is 0. The summed E-state index contributed by atoms with van der Waals surface area (Å²) in [5.74, 6) is 0.425. The highest BCUT2D eigenvalue weighted by Gasteiger charge is 2.28. The van der Waals surface area contributed by atoms with Gasteiger partial charge in [-0.2, -0.15) is 0 Å². The molecule has 1 rings (SSSR count). The summed E-state index contributed by atoms with van der Waals surface area (Å²) in [6.45, 7) is 15.8. The predicted molar refractivity (Wildman–Crippen MR) is 108 cm³/mol. The van der Waals surface area contributed by atoms with Crippen molar-refractivity contribution in [2.45, 2.75) is 47.1 Å². The van der Waals surface area contributed by atoms with Crippen LogP contribution >= 0.6 is 0 Å². The van der Waals surface area contributed by atoms with Crippen LogP contribution in [0.25, 0.3) is 0 Å². The second kappa shape index (κ2) is 14.1. The van der Waals surface area contributed by atoms with Gasteiger partial charge in [-0.15, -0.1) is 0 Å². The molecule has 1 aliphatic heterocycles. The fourth-order valence-electron chi connectivity index (χ4n) is 1.46. The van der Waals surface area contributed by atoms with Gasteiger partial charge in [-0.3, -0.25) is 10.1 Å². The van der Waals surface area contributed by atoms with E-state index in [0.29, 0.717) is 12.1 Å². The first-order valence-corrected chi connectivity index (χ1v) is 8.17. The molecule has 0 radical (unpaired) electrons. The maximum absolute atomic E-state index is 10.1. The number of nitro groups is 2. The zero-order chi connectivity index (χ0) is 23.1. The Morgan fingerprint density at radius 3 is 1.64 bits per heavy atom. The van der Waals surface area contributed by atoms with Crippen LogP contribution in [0.4, 0.5) is 0 Å². The molecule has 13 nitrogen and oxygen atoms in total. The lowest BCUT2D eigenvalue weighted by molar-refractivity contribution is -0.485. The average Bonchev–Trinajstić information content (AvgIpc) is 2.45. The van der Waals surface area contributed by atoms with Gasteiger partial charge in [0.15, 0.2) is 10.9 Å². The van der Waals surface area contributed by atoms with Crippen molar-refractivity contribution in [3.05, 3.63) is 32.2 Å². The molecule has 28 heavy (non-hydrogen) atoms. The number of nitrogens with zero attached hydrogens (tertiary/aromatic N) is 3. The van der Waals surface area contributed by atoms with E-state index in [0.717, 1.165) is 13.1 Å². The van der Waals surface area contributed by atoms with Gasteiger partial charge in [0.25, 0.3) is 12.2 Å². The van der Waals surface area contributed by atoms with E-state index >= 15 is 0 Å². The largest absolute Gasteiger partial charge is 0.381 e. The number of hydrazone groups is 1. The molecule has 0 aliphatic carbocycles. The minimum atomic E-state index is -0.713. The van der Waals surface area contributed by atoms with Gasteiger partial charge in [0.1, 0.15) is 11.9 Å². The topological polar surface area (TPSA) is 218 Å². The standard InChI is InChI=1S/C8H16N4O2.C4H11N.C2H5N3O2.CH2O/c1-8(2,3)6-4-9-7(10-5-6)11-12(13)14;1-4(2,3)5;3-2(4)1-5(6)7;1-2/h6H,4-5H2,1-3H3,(H2,9,10,11);5H2,1-3H3;1H,3-4H2;1H2. The molecule has 0 aromatic heterocycles. The molecular formula is C15H34N8O5. The number of nitrogens with two attached hydrogens (primary N) is 3. The molecule has 1 fully saturated rings. The molecular weight excluding hydrogens is 372 g/mol. The van der Waals surface area contributed by atoms with Crippen LogP contribution in [0.3, 0.4) is 0 Å². The smallest absolute Gasteiger partial charge is 0.273 e. The first kappa shape index (κ1) is 29.8. The molecule has 1 heterocycles. The SMILES string of the molecule is C=O.CC(C)(C)C1CNC(=N[N+](=O)[O-])NC1.CC(C)(C)N.NC(N)=C[N+](=O)[O-]. The zero-order valence-electron chi connectivity index (χ0n) is 17.4. The van der Waals surface area contributed by atoms with Crippen LogP contribution in [0.5, 0.6) is 0 Å². The first-order valence-electron chi connectivity index (χ1n) is 8.17. The van der Waals surface area contributed by atoms with Crippen LogP contribution in [-0.4, -0.2) is 41.3 Å². The summed E-state index contributed by atoms with van der Waals surface area (Å²) in [4.78, 5) is 26.7. The van der Waals surface area contributed by atoms with Crippen LogP contribution in [0.1, 0.15) is 41.5 Å². The van der Waals surface area contributed by atoms with Crippen molar-refractivity contribution in [2.75, 3.05) is 13.1 Å². The van der Waals surface area contributed by atoms with Crippen molar-refractivity contribution in [3.8, 4) is 0 Å². The lowest BCUT2D eigenvalue weighted by Crippen LogP contribution is -2.52. The Labute approximate surface area is 165 Å². The molecule has 1 saturated heterocycles. The maximum atomic E-state index is 10.1. The van der Waals surface area contributed by atoms with Gasteiger partial charge < -0.3 is 32.6 Å². The number of hydrogen-bond donors (Lipinski definition) is 5. The number of carbonyl (C=O) groups excluding carboxylic acids is 1. The number of nitrogens with one attached hydrogen (secondary N) is 2. The van der Waals surface area contributed by atoms with E-state index in [2.05, 4.69) is 36.5 Å². The van der Waals surface area contributed by atoms with Crippen LogP contribution < -0.4 is 27.8 Å². The third kappa shape index (κ3) is 25.3. The minimum absolute atomic E-state index is 0. The van der Waals surface area contributed by atoms with Gasteiger partial charge in [0.2, 0.25) is 0 Å². The summed E-state index contributed by atoms with van der Waals surface area (Å²) in [6, 6.07) is 0. The van der Waals surface area contributed by atoms with Gasteiger partial charge in [-0.05, 0) is 32.1 Å². The molecule has 0 amide bonds. The van der Waals surface area contributed by atoms with E-state index in [1.54, 1.807) is 0 Å². The van der Waals surface area contributed by atoms with Crippen molar-refractivity contribution in [3.63, 3.8) is 0 Å². The fourth-order valence-corrected chi connectivity index (χ4v) is 1.46. The highest BCUT2D eigenvalue weighted by Crippen LogP contribution is 2.25. The van der Waals surface area contributed by atoms with E-state index in [1.807, 2.05) is 27.6 Å². The van der Waals surface area contributed by atoms with Crippen molar-refractivity contribution >= 4 is 12.7 Å². The Balaban J connectivity index is -0.000000375. The van der Waals surface area contributed by atoms with Gasteiger partial charge in [-0.25, -0.2) is 10.1 Å². The maximum Gasteiger partial charge on any atom is 0.273 e. The Morgan fingerprint density at radius 1 is 1.11 bits per heavy atom. The van der Waals surface area contributed by atoms with Gasteiger partial charge in [0, 0.05) is 18.6 Å². The highest BCUT2D eigenvalue weighted by atomic mass is 16.7. The monoisotopic (exact) mass is 406 g/mol. The molecule has 0 aromatic carbocycles. The molecule has 0 unspecified atom stereocenters. The highest BCUT2D eigenvalue weighted by molar-refractivity contribution is 5.79. The number of hydrogen-bond acceptors (Lipinski definition) is 8. The number of carbonyl (C=O) groups is 1. The average molecular weight is 406 g/mol. The summed E-state index contributed by atoms with van der Waals surface area (Å²) in [5.41, 5.74) is 14.9. The summed E-state index contributed by atoms with van der Waals surface area (Å²) < 4.78 is 0. The summed E-state index contributed by atoms with van der Waals surface area (Å²) >= 11 is 0. The molecule has 0 saturated carbocycles. The molecule has 164 valence electrons. The van der Waals surface area contributed by atoms with Crippen molar-refractivity contribution < 1.29 is 14.8 Å². The Hall–Kier alpha value is -2.96. The van der Waals surface area contributed by atoms with Crippen molar-refractivity contribution in [1.82, 2.24) is 10.6 Å². The van der Waals surface area contributed by atoms with Gasteiger partial charge >= 0.3 is 0 Å². The predicted octanol–water partition coefficient (Wildman–Crippen LogP) is -0.0727. The Morgan fingerprint density at radius 2 is 1.46 bits per heavy atom. The molecule has 0 aromatic rings. The summed E-state index contributed by atoms with van der Waals surface area (Å²) in [6.07, 6.45) is 0.528. The van der Waals surface area contributed by atoms with Crippen molar-refractivity contribution in [1.29, 1.82) is 0 Å². The number of rotatable bonds is 2. The fraction of sp³-hybridized carbons (Fsp3) is 0.733. The van der Waals surface area contributed by atoms with Crippen LogP contribution in [0, 0.1) is 31.6 Å². The third-order valence-corrected chi connectivity index (χ3v) is 2.69. The summed E-state index contributed by atoms with van der Waals surface area (Å²) in [5, 5.41) is 27.7. The molecule has 0 bridgehead atoms. The molecule has 13 heteroatoms. The van der Waals surface area contributed by atoms with E-state index in [9.17, 15) is 20.2 Å². The lowest BCUT2D eigenvalue weighted by Gasteiger charge is -2.34. The second-order valence-electron chi connectivity index (χ2n) is 7.79. The van der Waals surface area contributed by atoms with Crippen LogP contribution in [0.15, 0.2) is 17.1 Å². The molecule has 8 N–H and O–H groups in total. The number of guanidine groups is 1. The van der Waals surface area contributed by atoms with Gasteiger partial charge in [-0.1, -0.05) is 20.8 Å². The molecule has 0 atom stereocenters. The minimum Gasteiger partial charge on any atom is -0.381 e. The lowest BCUT2D eigenvalue weighted by atomic mass is 9.80. The van der Waals surface area contributed by atoms with Crippen LogP contribution in [-0.2, 0) is 4.79 Å². The normalized spacial score (nSPS) is 15.2. The quantitative estimate of drug-likeness (QED) is 0.303. The van der Waals surface area contributed by atoms with E-state index < -0.39 is 9.96 Å². The van der Waals surface area contributed by atoms with Gasteiger partial charge in [0.05, 0.1) is 4.92 Å². The van der Waals surface area contributed by atoms with E-state index in [-0.39, 0.29) is 22.7 Å². The van der Waals surface area contributed by atoms with E-state index in [1.165, 1.54) is 0 Å². The first-order chi connectivity index (χ1) is 12.5. The molecule has 1 aliphatic rings. The Kier molecular flexibility index (Phi) is 15.0. The van der Waals surface area contributed by atoms with Crippen LogP contribution in [0.2, 0.25) is 0 Å². The zero-order valence-corrected chi connectivity index (χ0v) is 17.4. The second-order valence-corrected chi connectivity index (χ2v) is 7.79. The third-order valence-electron chi connectivity index (χ3n) is 2.69. The van der Waals surface area contributed by atoms with E-state index in [4.69, 9.17) is 22.0 Å².